The van der Waals surface area contributed by atoms with E-state index in [4.69, 9.17) is 0 Å². The van der Waals surface area contributed by atoms with Gasteiger partial charge in [0.1, 0.15) is 0 Å². The number of aryl methyl sites for hydroxylation is 1. The van der Waals surface area contributed by atoms with E-state index in [1.807, 2.05) is 0 Å². The summed E-state index contributed by atoms with van der Waals surface area (Å²) in [6, 6.07) is 17.3. The van der Waals surface area contributed by atoms with Gasteiger partial charge in [0, 0.05) is 43.8 Å². The summed E-state index contributed by atoms with van der Waals surface area (Å²) in [6.07, 6.45) is 1.18. The molecule has 2 saturated heterocycles. The molecule has 0 aliphatic carbocycles. The number of hydrogen-bond acceptors (Lipinski definition) is 4. The first-order valence-corrected chi connectivity index (χ1v) is 9.73. The van der Waals surface area contributed by atoms with Crippen LogP contribution in [0.15, 0.2) is 48.5 Å². The number of benzene rings is 1. The molecule has 1 aromatic heterocycles. The standard InChI is InChI=1S/C22H29N3O/c1-18-6-5-9-21(23-18)16-24-11-10-22(19-7-3-2-4-8-19)17-25(12-13-26)15-20(22)14-24/h2-9,20,26H,10-17H2,1H3/t20-,22-/m0/s1. The molecule has 3 heterocycles. The van der Waals surface area contributed by atoms with E-state index in [1.165, 1.54) is 17.7 Å². The molecule has 2 aliphatic heterocycles. The zero-order valence-electron chi connectivity index (χ0n) is 15.6. The van der Waals surface area contributed by atoms with Crippen LogP contribution in [0.4, 0.5) is 0 Å². The molecule has 2 fully saturated rings. The molecular weight excluding hydrogens is 322 g/mol. The molecule has 4 heteroatoms. The van der Waals surface area contributed by atoms with E-state index in [0.29, 0.717) is 5.92 Å². The molecule has 4 rings (SSSR count). The average Bonchev–Trinajstić information content (AvgIpc) is 3.01. The van der Waals surface area contributed by atoms with E-state index < -0.39 is 0 Å². The first-order chi connectivity index (χ1) is 12.7. The molecule has 0 radical (unpaired) electrons. The van der Waals surface area contributed by atoms with Crippen LogP contribution in [-0.2, 0) is 12.0 Å². The summed E-state index contributed by atoms with van der Waals surface area (Å²) in [5, 5.41) is 9.43. The van der Waals surface area contributed by atoms with Crippen molar-refractivity contribution in [2.24, 2.45) is 5.92 Å². The van der Waals surface area contributed by atoms with Gasteiger partial charge in [-0.3, -0.25) is 14.8 Å². The van der Waals surface area contributed by atoms with E-state index in [-0.39, 0.29) is 12.0 Å². The number of fused-ring (bicyclic) bond motifs is 1. The van der Waals surface area contributed by atoms with Gasteiger partial charge in [-0.25, -0.2) is 0 Å². The lowest BCUT2D eigenvalue weighted by atomic mass is 9.68. The minimum absolute atomic E-state index is 0.229. The average molecular weight is 351 g/mol. The minimum atomic E-state index is 0.229. The third kappa shape index (κ3) is 3.41. The third-order valence-corrected chi connectivity index (χ3v) is 6.22. The van der Waals surface area contributed by atoms with Crippen molar-refractivity contribution in [1.82, 2.24) is 14.8 Å². The maximum atomic E-state index is 9.43. The van der Waals surface area contributed by atoms with Crippen LogP contribution in [0, 0.1) is 12.8 Å². The van der Waals surface area contributed by atoms with Gasteiger partial charge in [-0.2, -0.15) is 0 Å². The summed E-state index contributed by atoms with van der Waals surface area (Å²) in [5.41, 5.74) is 3.96. The van der Waals surface area contributed by atoms with Gasteiger partial charge in [-0.1, -0.05) is 36.4 Å². The summed E-state index contributed by atoms with van der Waals surface area (Å²) in [6.45, 7) is 8.37. The normalized spacial score (nSPS) is 26.8. The van der Waals surface area contributed by atoms with Crippen molar-refractivity contribution < 1.29 is 5.11 Å². The highest BCUT2D eigenvalue weighted by atomic mass is 16.3. The molecule has 2 aromatic rings. The number of pyridine rings is 1. The van der Waals surface area contributed by atoms with Crippen LogP contribution >= 0.6 is 0 Å². The smallest absolute Gasteiger partial charge is 0.0558 e. The zero-order chi connectivity index (χ0) is 18.0. The number of aliphatic hydroxyl groups excluding tert-OH is 1. The largest absolute Gasteiger partial charge is 0.395 e. The fourth-order valence-corrected chi connectivity index (χ4v) is 4.97. The Balaban J connectivity index is 1.54. The predicted molar refractivity (Wildman–Crippen MR) is 104 cm³/mol. The van der Waals surface area contributed by atoms with Gasteiger partial charge in [0.05, 0.1) is 12.3 Å². The van der Waals surface area contributed by atoms with E-state index in [9.17, 15) is 5.11 Å². The van der Waals surface area contributed by atoms with E-state index >= 15 is 0 Å². The van der Waals surface area contributed by atoms with Crippen molar-refractivity contribution in [2.75, 3.05) is 39.3 Å². The van der Waals surface area contributed by atoms with Crippen molar-refractivity contribution >= 4 is 0 Å². The fraction of sp³-hybridized carbons (Fsp3) is 0.500. The van der Waals surface area contributed by atoms with Crippen molar-refractivity contribution in [1.29, 1.82) is 0 Å². The van der Waals surface area contributed by atoms with Gasteiger partial charge in [0.15, 0.2) is 0 Å². The number of likely N-dealkylation sites (tertiary alicyclic amines) is 2. The molecule has 1 N–H and O–H groups in total. The van der Waals surface area contributed by atoms with Crippen LogP contribution in [0.2, 0.25) is 0 Å². The Labute approximate surface area is 156 Å². The Hall–Kier alpha value is -1.75. The van der Waals surface area contributed by atoms with Crippen molar-refractivity contribution in [3.63, 3.8) is 0 Å². The summed E-state index contributed by atoms with van der Waals surface area (Å²) in [5.74, 6) is 0.606. The number of nitrogens with zero attached hydrogens (tertiary/aromatic N) is 3. The summed E-state index contributed by atoms with van der Waals surface area (Å²) in [7, 11) is 0. The molecule has 1 aromatic carbocycles. The highest BCUT2D eigenvalue weighted by Crippen LogP contribution is 2.45. The second-order valence-electron chi connectivity index (χ2n) is 7.93. The monoisotopic (exact) mass is 351 g/mol. The Morgan fingerprint density at radius 2 is 1.88 bits per heavy atom. The van der Waals surface area contributed by atoms with Crippen molar-refractivity contribution in [2.45, 2.75) is 25.3 Å². The first kappa shape index (κ1) is 17.7. The number of hydrogen-bond donors (Lipinski definition) is 1. The van der Waals surface area contributed by atoms with Gasteiger partial charge in [-0.05, 0) is 43.5 Å². The minimum Gasteiger partial charge on any atom is -0.395 e. The Kier molecular flexibility index (Phi) is 5.07. The Morgan fingerprint density at radius 3 is 2.65 bits per heavy atom. The molecule has 138 valence electrons. The first-order valence-electron chi connectivity index (χ1n) is 9.73. The molecule has 0 spiro atoms. The Morgan fingerprint density at radius 1 is 1.08 bits per heavy atom. The number of piperidine rings is 1. The van der Waals surface area contributed by atoms with Crippen LogP contribution < -0.4 is 0 Å². The van der Waals surface area contributed by atoms with Gasteiger partial charge in [0.2, 0.25) is 0 Å². The maximum absolute atomic E-state index is 9.43. The topological polar surface area (TPSA) is 39.6 Å². The molecule has 2 aliphatic rings. The van der Waals surface area contributed by atoms with Gasteiger partial charge in [0.25, 0.3) is 0 Å². The molecule has 4 nitrogen and oxygen atoms in total. The molecule has 0 saturated carbocycles. The summed E-state index contributed by atoms with van der Waals surface area (Å²) < 4.78 is 0. The maximum Gasteiger partial charge on any atom is 0.0558 e. The molecule has 26 heavy (non-hydrogen) atoms. The highest BCUT2D eigenvalue weighted by molar-refractivity contribution is 5.30. The van der Waals surface area contributed by atoms with Crippen molar-refractivity contribution in [3.8, 4) is 0 Å². The fourth-order valence-electron chi connectivity index (χ4n) is 4.97. The van der Waals surface area contributed by atoms with Crippen LogP contribution in [0.25, 0.3) is 0 Å². The SMILES string of the molecule is Cc1cccc(CN2CC[C@@]3(c4ccccc4)CN(CCO)C[C@@H]3C2)n1. The summed E-state index contributed by atoms with van der Waals surface area (Å²) >= 11 is 0. The lowest BCUT2D eigenvalue weighted by Crippen LogP contribution is -2.49. The zero-order valence-corrected chi connectivity index (χ0v) is 15.6. The molecule has 0 unspecified atom stereocenters. The van der Waals surface area contributed by atoms with Gasteiger partial charge >= 0.3 is 0 Å². The molecule has 0 bridgehead atoms. The second kappa shape index (κ2) is 7.47. The van der Waals surface area contributed by atoms with Gasteiger partial charge < -0.3 is 5.11 Å². The quantitative estimate of drug-likeness (QED) is 0.898. The molecule has 2 atom stereocenters. The van der Waals surface area contributed by atoms with E-state index in [2.05, 4.69) is 70.2 Å². The molecular formula is C22H29N3O. The predicted octanol–water partition coefficient (Wildman–Crippen LogP) is 2.46. The van der Waals surface area contributed by atoms with E-state index in [1.54, 1.807) is 0 Å². The van der Waals surface area contributed by atoms with Gasteiger partial charge in [-0.15, -0.1) is 0 Å². The number of aliphatic hydroxyl groups is 1. The van der Waals surface area contributed by atoms with Crippen LogP contribution in [0.1, 0.15) is 23.4 Å². The Bertz CT molecular complexity index is 735. The van der Waals surface area contributed by atoms with E-state index in [0.717, 1.165) is 45.0 Å². The number of β-amino-alcohol motifs (C(OH)–C–C–N with tert-alkyl or cyclic N) is 1. The lowest BCUT2D eigenvalue weighted by Gasteiger charge is -2.44. The highest BCUT2D eigenvalue weighted by Gasteiger charge is 2.49. The number of aromatic nitrogens is 1. The summed E-state index contributed by atoms with van der Waals surface area (Å²) in [4.78, 5) is 9.70. The van der Waals surface area contributed by atoms with Crippen LogP contribution in [0.3, 0.4) is 0 Å². The second-order valence-corrected chi connectivity index (χ2v) is 7.93. The lowest BCUT2D eigenvalue weighted by molar-refractivity contribution is 0.116. The van der Waals surface area contributed by atoms with Crippen LogP contribution in [0.5, 0.6) is 0 Å². The van der Waals surface area contributed by atoms with Crippen LogP contribution in [-0.4, -0.2) is 59.2 Å². The third-order valence-electron chi connectivity index (χ3n) is 6.22. The molecule has 0 amide bonds. The van der Waals surface area contributed by atoms with Crippen molar-refractivity contribution in [3.05, 3.63) is 65.5 Å². The number of rotatable bonds is 5.